The zero-order valence-electron chi connectivity index (χ0n) is 26.8. The van der Waals surface area contributed by atoms with Gasteiger partial charge in [-0.1, -0.05) is 6.07 Å². The van der Waals surface area contributed by atoms with Gasteiger partial charge in [-0.05, 0) is 63.1 Å². The van der Waals surface area contributed by atoms with E-state index in [-0.39, 0.29) is 16.9 Å². The van der Waals surface area contributed by atoms with Crippen molar-refractivity contribution < 1.29 is 17.9 Å². The van der Waals surface area contributed by atoms with E-state index in [2.05, 4.69) is 73.6 Å². The lowest BCUT2D eigenvalue weighted by Gasteiger charge is -2.36. The van der Waals surface area contributed by atoms with Crippen LogP contribution in [0.5, 0.6) is 6.01 Å². The monoisotopic (exact) mass is 654 g/mol. The van der Waals surface area contributed by atoms with Crippen molar-refractivity contribution in [2.45, 2.75) is 64.5 Å². The first-order chi connectivity index (χ1) is 22.0. The fourth-order valence-corrected chi connectivity index (χ4v) is 7.78. The average molecular weight is 655 g/mol. The van der Waals surface area contributed by atoms with Crippen LogP contribution in [-0.4, -0.2) is 101 Å². The third kappa shape index (κ3) is 7.10. The number of likely N-dealkylation sites (N-methyl/N-ethyl adjacent to an activating group) is 1. The number of nitrogens with zero attached hydrogens (tertiary/aromatic N) is 7. The summed E-state index contributed by atoms with van der Waals surface area (Å²) in [6.07, 6.45) is -3.54. The Bertz CT molecular complexity index is 1730. The van der Waals surface area contributed by atoms with Gasteiger partial charge in [0.05, 0.1) is 18.9 Å². The van der Waals surface area contributed by atoms with Crippen molar-refractivity contribution in [3.8, 4) is 12.1 Å². The Morgan fingerprint density at radius 3 is 2.50 bits per heavy atom. The molecule has 3 aromatic heterocycles. The number of rotatable bonds is 9. The van der Waals surface area contributed by atoms with Crippen LogP contribution in [0.25, 0.3) is 21.1 Å². The molecule has 1 aromatic carbocycles. The summed E-state index contributed by atoms with van der Waals surface area (Å²) < 4.78 is 46.6. The Balaban J connectivity index is 1.11. The lowest BCUT2D eigenvalue weighted by atomic mass is 10.0. The molecule has 2 saturated heterocycles. The number of nitriles is 1. The maximum atomic E-state index is 13.0. The number of hydrogen-bond donors (Lipinski definition) is 1. The zero-order chi connectivity index (χ0) is 32.6. The number of piperidine rings is 1. The zero-order valence-corrected chi connectivity index (χ0v) is 27.6. The number of methoxy groups -OCH3 is 1. The normalized spacial score (nSPS) is 18.3. The second kappa shape index (κ2) is 13.4. The molecule has 0 bridgehead atoms. The highest BCUT2D eigenvalue weighted by atomic mass is 32.1. The minimum Gasteiger partial charge on any atom is -0.467 e. The number of piperazine rings is 1. The summed E-state index contributed by atoms with van der Waals surface area (Å²) in [7, 11) is 3.62. The van der Waals surface area contributed by atoms with Crippen molar-refractivity contribution in [2.24, 2.45) is 0 Å². The van der Waals surface area contributed by atoms with Gasteiger partial charge < -0.3 is 19.5 Å². The Morgan fingerprint density at radius 1 is 1.09 bits per heavy atom. The fraction of sp³-hybridized carbons (Fsp3) is 0.545. The van der Waals surface area contributed by atoms with Crippen LogP contribution in [0, 0.1) is 18.3 Å². The molecular weight excluding hydrogens is 613 g/mol. The number of fused-ring (bicyclic) bond motifs is 2. The van der Waals surface area contributed by atoms with Crippen LogP contribution in [-0.2, 0) is 19.5 Å². The van der Waals surface area contributed by atoms with E-state index < -0.39 is 12.6 Å². The lowest BCUT2D eigenvalue weighted by Crippen LogP contribution is -2.49. The van der Waals surface area contributed by atoms with Crippen molar-refractivity contribution in [1.29, 1.82) is 5.26 Å². The first-order valence-corrected chi connectivity index (χ1v) is 16.7. The minimum atomic E-state index is -4.28. The highest BCUT2D eigenvalue weighted by Gasteiger charge is 2.30. The van der Waals surface area contributed by atoms with Crippen molar-refractivity contribution in [3.05, 3.63) is 46.0 Å². The van der Waals surface area contributed by atoms with Crippen molar-refractivity contribution in [1.82, 2.24) is 29.2 Å². The van der Waals surface area contributed by atoms with Crippen LogP contribution >= 0.6 is 11.3 Å². The van der Waals surface area contributed by atoms with E-state index in [0.29, 0.717) is 27.8 Å². The predicted octanol–water partition coefficient (Wildman–Crippen LogP) is 5.65. The molecule has 2 aliphatic heterocycles. The second-order valence-corrected chi connectivity index (χ2v) is 13.8. The summed E-state index contributed by atoms with van der Waals surface area (Å²) in [5.74, 6) is 0.519. The van der Waals surface area contributed by atoms with Gasteiger partial charge in [0.2, 0.25) is 0 Å². The Kier molecular flexibility index (Phi) is 9.43. The highest BCUT2D eigenvalue weighted by Crippen LogP contribution is 2.35. The number of hydrogen-bond acceptors (Lipinski definition) is 9. The lowest BCUT2D eigenvalue weighted by molar-refractivity contribution is -0.126. The van der Waals surface area contributed by atoms with E-state index in [0.717, 1.165) is 87.4 Å². The molecule has 2 fully saturated rings. The summed E-state index contributed by atoms with van der Waals surface area (Å²) in [6, 6.07) is 11.0. The van der Waals surface area contributed by atoms with Crippen molar-refractivity contribution in [2.75, 3.05) is 58.7 Å². The van der Waals surface area contributed by atoms with E-state index in [4.69, 9.17) is 4.74 Å². The SMILES string of the molecule is COc1nc(NC2CCN(Cc3ccc4c(cc(C#N)n4C[C@H](C)N4CCN(C)CC4)c3C)CC2)c2cc(CC(F)(F)F)sc2n1. The van der Waals surface area contributed by atoms with Gasteiger partial charge >= 0.3 is 12.2 Å². The molecule has 2 aliphatic rings. The molecular formula is C33H41F3N8OS. The molecule has 9 nitrogen and oxygen atoms in total. The molecule has 0 unspecified atom stereocenters. The first kappa shape index (κ1) is 32.5. The highest BCUT2D eigenvalue weighted by molar-refractivity contribution is 7.18. The van der Waals surface area contributed by atoms with Gasteiger partial charge in [-0.25, -0.2) is 0 Å². The van der Waals surface area contributed by atoms with Crippen LogP contribution < -0.4 is 10.1 Å². The number of alkyl halides is 3. The number of benzene rings is 1. The maximum Gasteiger partial charge on any atom is 0.393 e. The molecule has 13 heteroatoms. The van der Waals surface area contributed by atoms with Crippen molar-refractivity contribution in [3.63, 3.8) is 0 Å². The van der Waals surface area contributed by atoms with E-state index in [1.807, 2.05) is 6.07 Å². The Labute approximate surface area is 271 Å². The fourth-order valence-electron chi connectivity index (χ4n) is 6.73. The quantitative estimate of drug-likeness (QED) is 0.248. The van der Waals surface area contributed by atoms with Gasteiger partial charge in [0.1, 0.15) is 22.4 Å². The van der Waals surface area contributed by atoms with Gasteiger partial charge in [0.15, 0.2) is 0 Å². The number of thiophene rings is 1. The smallest absolute Gasteiger partial charge is 0.393 e. The molecule has 0 spiro atoms. The molecule has 1 atom stereocenters. The number of aromatic nitrogens is 3. The number of ether oxygens (including phenoxy) is 1. The van der Waals surface area contributed by atoms with E-state index in [9.17, 15) is 18.4 Å². The second-order valence-electron chi connectivity index (χ2n) is 12.7. The molecule has 246 valence electrons. The third-order valence-electron chi connectivity index (χ3n) is 9.49. The van der Waals surface area contributed by atoms with Crippen LogP contribution in [0.3, 0.4) is 0 Å². The maximum absolute atomic E-state index is 13.0. The van der Waals surface area contributed by atoms with Gasteiger partial charge in [-0.2, -0.15) is 28.4 Å². The summed E-state index contributed by atoms with van der Waals surface area (Å²) in [5, 5.41) is 15.2. The van der Waals surface area contributed by atoms with Crippen molar-refractivity contribution >= 4 is 38.3 Å². The van der Waals surface area contributed by atoms with Crippen LogP contribution in [0.15, 0.2) is 24.3 Å². The Morgan fingerprint density at radius 2 is 1.83 bits per heavy atom. The summed E-state index contributed by atoms with van der Waals surface area (Å²) in [6.45, 7) is 12.0. The molecule has 0 amide bonds. The molecule has 6 rings (SSSR count). The van der Waals surface area contributed by atoms with E-state index in [1.165, 1.54) is 18.2 Å². The summed E-state index contributed by atoms with van der Waals surface area (Å²) in [5.41, 5.74) is 4.28. The van der Waals surface area contributed by atoms with Crippen LogP contribution in [0.1, 0.15) is 41.5 Å². The third-order valence-corrected chi connectivity index (χ3v) is 10.5. The predicted molar refractivity (Wildman–Crippen MR) is 176 cm³/mol. The largest absolute Gasteiger partial charge is 0.467 e. The number of anilines is 1. The molecule has 46 heavy (non-hydrogen) atoms. The standard InChI is InChI=1S/C33H41F3N8OS/c1-21(43-13-11-41(3)12-14-43)19-44-25(18-37)15-27-22(2)23(5-6-29(27)44)20-42-9-7-24(8-10-42)38-30-28-16-26(17-33(34,35)36)46-31(28)40-32(39-30)45-4/h5-6,15-16,21,24H,7-14,17,19-20H2,1-4H3,(H,38,39,40)/t21-/m0/s1. The Hall–Kier alpha value is -3.44. The van der Waals surface area contributed by atoms with E-state index in [1.54, 1.807) is 6.07 Å². The number of halogens is 3. The van der Waals surface area contributed by atoms with E-state index >= 15 is 0 Å². The summed E-state index contributed by atoms with van der Waals surface area (Å²) >= 11 is 1.02. The first-order valence-electron chi connectivity index (χ1n) is 15.9. The molecule has 5 heterocycles. The minimum absolute atomic E-state index is 0.128. The molecule has 0 radical (unpaired) electrons. The molecule has 4 aromatic rings. The van der Waals surface area contributed by atoms with Gasteiger partial charge in [-0.3, -0.25) is 9.80 Å². The molecule has 0 aliphatic carbocycles. The van der Waals surface area contributed by atoms with Gasteiger partial charge in [-0.15, -0.1) is 11.3 Å². The average Bonchev–Trinajstić information content (AvgIpc) is 3.59. The van der Waals surface area contributed by atoms with Gasteiger partial charge in [0, 0.05) is 80.2 Å². The molecule has 0 saturated carbocycles. The molecule has 1 N–H and O–H groups in total. The summed E-state index contributed by atoms with van der Waals surface area (Å²) in [4.78, 5) is 16.7. The number of nitrogens with one attached hydrogen (secondary N) is 1. The van der Waals surface area contributed by atoms with Crippen LogP contribution in [0.2, 0.25) is 0 Å². The number of likely N-dealkylation sites (tertiary alicyclic amines) is 1. The van der Waals surface area contributed by atoms with Gasteiger partial charge in [0.25, 0.3) is 0 Å². The number of aryl methyl sites for hydroxylation is 1. The van der Waals surface area contributed by atoms with Crippen LogP contribution in [0.4, 0.5) is 19.0 Å². The topological polar surface area (TPSA) is 85.5 Å².